The molecule has 0 radical (unpaired) electrons. The molecule has 0 N–H and O–H groups in total. The molecule has 4 rings (SSSR count). The zero-order chi connectivity index (χ0) is 23.5. The molecule has 32 heavy (non-hydrogen) atoms. The van der Waals surface area contributed by atoms with Crippen molar-refractivity contribution in [3.63, 3.8) is 0 Å². The summed E-state index contributed by atoms with van der Waals surface area (Å²) in [6.07, 6.45) is -1.80. The molecular formula is C25H40O6Si. The summed E-state index contributed by atoms with van der Waals surface area (Å²) < 4.78 is 39.1. The maximum atomic E-state index is 6.94. The molecule has 1 aliphatic carbocycles. The lowest BCUT2D eigenvalue weighted by atomic mass is 9.85. The summed E-state index contributed by atoms with van der Waals surface area (Å²) in [7, 11) is -2.11. The van der Waals surface area contributed by atoms with Gasteiger partial charge in [0.15, 0.2) is 19.9 Å². The van der Waals surface area contributed by atoms with Crippen LogP contribution < -0.4 is 0 Å². The smallest absolute Gasteiger partial charge is 0.192 e. The minimum atomic E-state index is -2.11. The van der Waals surface area contributed by atoms with Crippen molar-refractivity contribution < 1.29 is 28.1 Å². The van der Waals surface area contributed by atoms with Crippen molar-refractivity contribution in [2.75, 3.05) is 0 Å². The van der Waals surface area contributed by atoms with E-state index in [9.17, 15) is 0 Å². The van der Waals surface area contributed by atoms with Gasteiger partial charge in [-0.2, -0.15) is 0 Å². The van der Waals surface area contributed by atoms with Crippen LogP contribution >= 0.6 is 0 Å². The number of hydrogen-bond acceptors (Lipinski definition) is 6. The Morgan fingerprint density at radius 1 is 0.781 bits per heavy atom. The molecule has 0 unspecified atom stereocenters. The molecule has 0 bridgehead atoms. The SMILES string of the molecule is CC1(C)O[C@@H]2[C@@H](OCc3ccccc3)[C@@H]3OC(C)(C)O[C@H]3[C@H](O[Si](C)(C)C(C)(C)C)[C@@H]2O1. The monoisotopic (exact) mass is 464 g/mol. The topological polar surface area (TPSA) is 55.4 Å². The normalized spacial score (nSPS) is 36.0. The van der Waals surface area contributed by atoms with Crippen LogP contribution in [0.15, 0.2) is 30.3 Å². The molecule has 7 heteroatoms. The Hall–Kier alpha value is -0.803. The molecule has 0 amide bonds. The highest BCUT2D eigenvalue weighted by atomic mass is 28.4. The molecule has 6 atom stereocenters. The van der Waals surface area contributed by atoms with Gasteiger partial charge in [-0.25, -0.2) is 0 Å². The van der Waals surface area contributed by atoms with Crippen molar-refractivity contribution in [3.8, 4) is 0 Å². The second-order valence-corrected chi connectivity index (χ2v) is 16.5. The Kier molecular flexibility index (Phi) is 6.20. The van der Waals surface area contributed by atoms with Gasteiger partial charge in [-0.3, -0.25) is 0 Å². The predicted octanol–water partition coefficient (Wildman–Crippen LogP) is 5.02. The van der Waals surface area contributed by atoms with Crippen molar-refractivity contribution >= 4 is 8.32 Å². The Balaban J connectivity index is 1.66. The van der Waals surface area contributed by atoms with E-state index in [1.54, 1.807) is 0 Å². The zero-order valence-corrected chi connectivity index (χ0v) is 22.0. The first-order valence-corrected chi connectivity index (χ1v) is 14.6. The van der Waals surface area contributed by atoms with E-state index in [4.69, 9.17) is 28.1 Å². The summed E-state index contributed by atoms with van der Waals surface area (Å²) in [5, 5.41) is 0.0581. The molecule has 1 aromatic rings. The molecule has 180 valence electrons. The third-order valence-corrected chi connectivity index (χ3v) is 11.6. The fraction of sp³-hybridized carbons (Fsp3) is 0.760. The van der Waals surface area contributed by atoms with Gasteiger partial charge in [-0.05, 0) is 51.4 Å². The van der Waals surface area contributed by atoms with Crippen molar-refractivity contribution in [1.29, 1.82) is 0 Å². The van der Waals surface area contributed by atoms with Gasteiger partial charge in [0.2, 0.25) is 0 Å². The largest absolute Gasteiger partial charge is 0.408 e. The van der Waals surface area contributed by atoms with Crippen LogP contribution in [0.1, 0.15) is 54.0 Å². The Morgan fingerprint density at radius 2 is 1.22 bits per heavy atom. The summed E-state index contributed by atoms with van der Waals surface area (Å²) in [4.78, 5) is 0. The summed E-state index contributed by atoms with van der Waals surface area (Å²) in [5.41, 5.74) is 1.11. The summed E-state index contributed by atoms with van der Waals surface area (Å²) in [5.74, 6) is -1.46. The van der Waals surface area contributed by atoms with E-state index in [2.05, 4.69) is 46.0 Å². The highest BCUT2D eigenvalue weighted by Gasteiger charge is 2.65. The number of rotatable bonds is 5. The maximum Gasteiger partial charge on any atom is 0.192 e. The van der Waals surface area contributed by atoms with E-state index in [0.29, 0.717) is 6.61 Å². The second-order valence-electron chi connectivity index (χ2n) is 11.7. The molecule has 3 aliphatic rings. The highest BCUT2D eigenvalue weighted by Crippen LogP contribution is 2.48. The first-order chi connectivity index (χ1) is 14.7. The standard InChI is InChI=1S/C25H40O6Si/c1-23(2,3)32(8,9)31-22-20-18(27-24(4,5)29-20)17(19-21(22)30-25(6,7)28-19)26-15-16-13-11-10-12-14-16/h10-14,17-22H,15H2,1-9H3/t17-,18-,19+,20-,21-,22-/m1/s1. The molecule has 2 saturated heterocycles. The van der Waals surface area contributed by atoms with E-state index < -0.39 is 19.9 Å². The number of hydrogen-bond donors (Lipinski definition) is 0. The van der Waals surface area contributed by atoms with Crippen molar-refractivity contribution in [1.82, 2.24) is 0 Å². The van der Waals surface area contributed by atoms with E-state index in [-0.39, 0.29) is 41.7 Å². The molecule has 1 saturated carbocycles. The molecule has 0 aromatic heterocycles. The van der Waals surface area contributed by atoms with E-state index in [1.165, 1.54) is 0 Å². The fourth-order valence-corrected chi connectivity index (χ4v) is 5.93. The molecule has 0 spiro atoms. The van der Waals surface area contributed by atoms with Gasteiger partial charge >= 0.3 is 0 Å². The maximum absolute atomic E-state index is 6.94. The van der Waals surface area contributed by atoms with E-state index in [0.717, 1.165) is 5.56 Å². The van der Waals surface area contributed by atoms with Gasteiger partial charge in [0.25, 0.3) is 0 Å². The van der Waals surface area contributed by atoms with Crippen LogP contribution in [-0.2, 0) is 34.7 Å². The van der Waals surface area contributed by atoms with Crippen LogP contribution in [0.3, 0.4) is 0 Å². The lowest BCUT2D eigenvalue weighted by Gasteiger charge is -2.47. The number of fused-ring (bicyclic) bond motifs is 2. The van der Waals surface area contributed by atoms with Crippen molar-refractivity contribution in [2.24, 2.45) is 0 Å². The lowest BCUT2D eigenvalue weighted by Crippen LogP contribution is -2.65. The minimum absolute atomic E-state index is 0.0581. The third-order valence-electron chi connectivity index (χ3n) is 7.14. The van der Waals surface area contributed by atoms with Crippen LogP contribution in [0, 0.1) is 0 Å². The average Bonchev–Trinajstić information content (AvgIpc) is 3.15. The Bertz CT molecular complexity index is 770. The predicted molar refractivity (Wildman–Crippen MR) is 125 cm³/mol. The van der Waals surface area contributed by atoms with Gasteiger partial charge < -0.3 is 28.1 Å². The molecule has 2 aliphatic heterocycles. The summed E-state index contributed by atoms with van der Waals surface area (Å²) >= 11 is 0. The second kappa shape index (κ2) is 8.15. The summed E-state index contributed by atoms with van der Waals surface area (Å²) in [6, 6.07) is 10.2. The first-order valence-electron chi connectivity index (χ1n) is 11.7. The third kappa shape index (κ3) is 4.71. The minimum Gasteiger partial charge on any atom is -0.408 e. The van der Waals surface area contributed by atoms with Gasteiger partial charge in [0.05, 0.1) is 6.61 Å². The molecule has 3 fully saturated rings. The van der Waals surface area contributed by atoms with E-state index in [1.807, 2.05) is 45.9 Å². The molecule has 6 nitrogen and oxygen atoms in total. The van der Waals surface area contributed by atoms with Crippen LogP contribution in [-0.4, -0.2) is 56.5 Å². The zero-order valence-electron chi connectivity index (χ0n) is 21.0. The fourth-order valence-electron chi connectivity index (χ4n) is 4.63. The van der Waals surface area contributed by atoms with Gasteiger partial charge in [0, 0.05) is 0 Å². The molecule has 1 aromatic carbocycles. The van der Waals surface area contributed by atoms with Crippen LogP contribution in [0.4, 0.5) is 0 Å². The van der Waals surface area contributed by atoms with Crippen LogP contribution in [0.5, 0.6) is 0 Å². The van der Waals surface area contributed by atoms with Crippen molar-refractivity contribution in [3.05, 3.63) is 35.9 Å². The van der Waals surface area contributed by atoms with E-state index >= 15 is 0 Å². The first kappa shape index (κ1) is 24.3. The molecular weight excluding hydrogens is 424 g/mol. The van der Waals surface area contributed by atoms with Crippen LogP contribution in [0.25, 0.3) is 0 Å². The lowest BCUT2D eigenvalue weighted by molar-refractivity contribution is -0.190. The van der Waals surface area contributed by atoms with Crippen molar-refractivity contribution in [2.45, 2.75) is 121 Å². The highest BCUT2D eigenvalue weighted by molar-refractivity contribution is 6.74. The van der Waals surface area contributed by atoms with Gasteiger partial charge in [-0.15, -0.1) is 0 Å². The molecule has 2 heterocycles. The van der Waals surface area contributed by atoms with Gasteiger partial charge in [-0.1, -0.05) is 51.1 Å². The quantitative estimate of drug-likeness (QED) is 0.571. The Labute approximate surface area is 194 Å². The Morgan fingerprint density at radius 3 is 1.66 bits per heavy atom. The summed E-state index contributed by atoms with van der Waals surface area (Å²) in [6.45, 7) is 19.5. The number of ether oxygens (including phenoxy) is 5. The van der Waals surface area contributed by atoms with Gasteiger partial charge in [0.1, 0.15) is 36.6 Å². The average molecular weight is 465 g/mol. The number of benzene rings is 1. The van der Waals surface area contributed by atoms with Crippen LogP contribution in [0.2, 0.25) is 18.1 Å².